The predicted molar refractivity (Wildman–Crippen MR) is 411 cm³/mol. The maximum Gasteiger partial charge on any atom is 0.220 e. The number of hydrogen-bond donors (Lipinski definition) is 12. The smallest absolute Gasteiger partial charge is 0.220 e. The quantitative estimate of drug-likeness (QED) is 0.0199. The molecule has 3 rings (SSSR count). The third kappa shape index (κ3) is 43.5. The van der Waals surface area contributed by atoms with Crippen molar-refractivity contribution < 1.29 is 89.4 Å². The molecule has 596 valence electrons. The van der Waals surface area contributed by atoms with Crippen molar-refractivity contribution in [3.05, 3.63) is 97.2 Å². The Kier molecular flexibility index (Phi) is 58.0. The van der Waals surface area contributed by atoms with Crippen LogP contribution in [0.2, 0.25) is 0 Å². The number of aliphatic hydroxyl groups is 11. The molecule has 0 radical (unpaired) electrons. The van der Waals surface area contributed by atoms with E-state index >= 15 is 0 Å². The summed E-state index contributed by atoms with van der Waals surface area (Å²) in [7, 11) is 0. The Bertz CT molecular complexity index is 2240. The molecule has 0 aromatic carbocycles. The zero-order valence-electron chi connectivity index (χ0n) is 63.8. The van der Waals surface area contributed by atoms with Crippen molar-refractivity contribution in [3.63, 3.8) is 0 Å². The van der Waals surface area contributed by atoms with Gasteiger partial charge < -0.3 is 89.9 Å². The molecule has 3 fully saturated rings. The highest BCUT2D eigenvalue weighted by Crippen LogP contribution is 2.33. The summed E-state index contributed by atoms with van der Waals surface area (Å²) < 4.78 is 34.5. The van der Waals surface area contributed by atoms with E-state index in [0.29, 0.717) is 12.8 Å². The standard InChI is InChI=1S/C84H147NO18/c1-3-5-7-9-11-13-15-17-19-21-23-24-25-26-27-28-29-30-31-32-33-34-35-36-37-38-39-40-41-42-44-46-48-50-52-54-56-58-60-62-72(90)85-67(68(89)61-59-57-55-53-51-49-47-45-43-22-20-18-16-14-12-10-8-6-4-2)66-98-82-78(96)75(93)80(70(64-87)100-82)103-84-79(97)76(94)81(71(65-88)101-84)102-83-77(95)74(92)73(91)69(63-86)99-83/h5,7,11,13,17,19,23-24,26-27,29-30,32-33,35-36,67-71,73-84,86-89,91-97H,3-4,6,8-10,12,14-16,18,20-22,25,28,31,34,37-66H2,1-2H3,(H,85,90)/b7-5-,13-11-,19-17-,24-23-,27-26-,30-29-,33-32-,36-35-. The van der Waals surface area contributed by atoms with Gasteiger partial charge in [0.15, 0.2) is 18.9 Å². The SMILES string of the molecule is CC/C=C\C/C=C\C/C=C\C/C=C\C/C=C\C/C=C\C/C=C\C/C=C\CCCCCCCCCCCCCCCCC(=O)NC(COC1OC(CO)C(OC2OC(CO)C(OC3OC(CO)C(O)C(O)C3O)C(O)C2O)C(O)C1O)C(O)CCCCCCCCCCCCCCCCCCCCC. The number of allylic oxidation sites excluding steroid dienone is 16. The van der Waals surface area contributed by atoms with Gasteiger partial charge in [-0.15, -0.1) is 0 Å². The van der Waals surface area contributed by atoms with E-state index in [9.17, 15) is 61.0 Å². The molecule has 3 aliphatic rings. The van der Waals surface area contributed by atoms with Gasteiger partial charge >= 0.3 is 0 Å². The van der Waals surface area contributed by atoms with Crippen molar-refractivity contribution >= 4 is 5.91 Å². The molecule has 17 atom stereocenters. The second kappa shape index (κ2) is 63.6. The van der Waals surface area contributed by atoms with Crippen LogP contribution in [0.3, 0.4) is 0 Å². The Hall–Kier alpha value is -3.29. The van der Waals surface area contributed by atoms with E-state index in [-0.39, 0.29) is 18.9 Å². The minimum absolute atomic E-state index is 0.243. The summed E-state index contributed by atoms with van der Waals surface area (Å²) in [6.45, 7) is 1.71. The molecule has 1 amide bonds. The Morgan fingerprint density at radius 2 is 0.670 bits per heavy atom. The fraction of sp³-hybridized carbons (Fsp3) is 0.798. The van der Waals surface area contributed by atoms with E-state index in [1.165, 1.54) is 161 Å². The number of nitrogens with one attached hydrogen (secondary N) is 1. The molecule has 0 bridgehead atoms. The van der Waals surface area contributed by atoms with E-state index in [0.717, 1.165) is 103 Å². The zero-order chi connectivity index (χ0) is 74.6. The lowest BCUT2D eigenvalue weighted by atomic mass is 9.96. The van der Waals surface area contributed by atoms with Crippen LogP contribution in [-0.4, -0.2) is 193 Å². The minimum Gasteiger partial charge on any atom is -0.394 e. The van der Waals surface area contributed by atoms with Crippen LogP contribution in [0.4, 0.5) is 0 Å². The Labute approximate surface area is 622 Å². The van der Waals surface area contributed by atoms with Gasteiger partial charge in [-0.1, -0.05) is 310 Å². The summed E-state index contributed by atoms with van der Waals surface area (Å²) in [5.74, 6) is -0.243. The van der Waals surface area contributed by atoms with Crippen molar-refractivity contribution in [2.75, 3.05) is 26.4 Å². The first-order valence-corrected chi connectivity index (χ1v) is 41.0. The fourth-order valence-corrected chi connectivity index (χ4v) is 13.4. The molecular weight excluding hydrogens is 1310 g/mol. The van der Waals surface area contributed by atoms with Crippen LogP contribution in [0.1, 0.15) is 296 Å². The maximum atomic E-state index is 13.5. The minimum atomic E-state index is -1.98. The molecule has 19 nitrogen and oxygen atoms in total. The maximum absolute atomic E-state index is 13.5. The van der Waals surface area contributed by atoms with Gasteiger partial charge in [-0.25, -0.2) is 0 Å². The molecule has 3 saturated heterocycles. The van der Waals surface area contributed by atoms with E-state index in [2.05, 4.69) is 116 Å². The first-order chi connectivity index (χ1) is 50.3. The monoisotopic (exact) mass is 1460 g/mol. The van der Waals surface area contributed by atoms with Crippen LogP contribution < -0.4 is 5.32 Å². The number of aliphatic hydroxyl groups excluding tert-OH is 11. The number of ether oxygens (including phenoxy) is 6. The first-order valence-electron chi connectivity index (χ1n) is 41.0. The topological polar surface area (TPSA) is 307 Å². The molecule has 0 aliphatic carbocycles. The van der Waals surface area contributed by atoms with Gasteiger partial charge in [-0.3, -0.25) is 4.79 Å². The van der Waals surface area contributed by atoms with Crippen LogP contribution in [0, 0.1) is 0 Å². The number of rotatable bonds is 64. The molecule has 19 heteroatoms. The van der Waals surface area contributed by atoms with Crippen LogP contribution in [-0.2, 0) is 33.2 Å². The lowest BCUT2D eigenvalue weighted by Gasteiger charge is -2.48. The molecule has 3 heterocycles. The van der Waals surface area contributed by atoms with Gasteiger partial charge in [-0.2, -0.15) is 0 Å². The first kappa shape index (κ1) is 93.9. The molecule has 0 spiro atoms. The molecule has 17 unspecified atom stereocenters. The average molecular weight is 1460 g/mol. The highest BCUT2D eigenvalue weighted by atomic mass is 16.8. The summed E-state index contributed by atoms with van der Waals surface area (Å²) in [5, 5.41) is 121. The van der Waals surface area contributed by atoms with Gasteiger partial charge in [0, 0.05) is 6.42 Å². The molecule has 12 N–H and O–H groups in total. The number of carbonyl (C=O) groups is 1. The fourth-order valence-electron chi connectivity index (χ4n) is 13.4. The third-order valence-corrected chi connectivity index (χ3v) is 19.9. The third-order valence-electron chi connectivity index (χ3n) is 19.9. The van der Waals surface area contributed by atoms with Crippen molar-refractivity contribution in [3.8, 4) is 0 Å². The highest BCUT2D eigenvalue weighted by Gasteiger charge is 2.54. The Morgan fingerprint density at radius 3 is 1.05 bits per heavy atom. The van der Waals surface area contributed by atoms with E-state index < -0.39 is 124 Å². The van der Waals surface area contributed by atoms with Crippen molar-refractivity contribution in [1.29, 1.82) is 0 Å². The zero-order valence-corrected chi connectivity index (χ0v) is 63.8. The number of hydrogen-bond acceptors (Lipinski definition) is 18. The van der Waals surface area contributed by atoms with Gasteiger partial charge in [0.25, 0.3) is 0 Å². The van der Waals surface area contributed by atoms with Crippen LogP contribution in [0.25, 0.3) is 0 Å². The Balaban J connectivity index is 1.32. The summed E-state index contributed by atoms with van der Waals surface area (Å²) in [6.07, 6.45) is 59.2. The molecule has 0 saturated carbocycles. The molecule has 0 aromatic heterocycles. The van der Waals surface area contributed by atoms with E-state index in [1.54, 1.807) is 0 Å². The van der Waals surface area contributed by atoms with Crippen molar-refractivity contribution in [2.24, 2.45) is 0 Å². The molecular formula is C84H147NO18. The van der Waals surface area contributed by atoms with E-state index in [1.807, 2.05) is 0 Å². The van der Waals surface area contributed by atoms with E-state index in [4.69, 9.17) is 28.4 Å². The van der Waals surface area contributed by atoms with Crippen molar-refractivity contribution in [1.82, 2.24) is 5.32 Å². The predicted octanol–water partition coefficient (Wildman–Crippen LogP) is 14.0. The van der Waals surface area contributed by atoms with Gasteiger partial charge in [0.05, 0.1) is 38.6 Å². The lowest BCUT2D eigenvalue weighted by molar-refractivity contribution is -0.379. The number of unbranched alkanes of at least 4 members (excludes halogenated alkanes) is 32. The normalized spacial score (nSPS) is 26.6. The van der Waals surface area contributed by atoms with Crippen molar-refractivity contribution in [2.45, 2.75) is 401 Å². The van der Waals surface area contributed by atoms with Gasteiger partial charge in [0.1, 0.15) is 73.2 Å². The Morgan fingerprint density at radius 1 is 0.359 bits per heavy atom. The number of carbonyl (C=O) groups excluding carboxylic acids is 1. The molecule has 3 aliphatic heterocycles. The second-order valence-corrected chi connectivity index (χ2v) is 28.9. The molecule has 0 aromatic rings. The van der Waals surface area contributed by atoms with Gasteiger partial charge in [0.2, 0.25) is 5.91 Å². The average Bonchev–Trinajstić information content (AvgIpc) is 0.781. The molecule has 103 heavy (non-hydrogen) atoms. The largest absolute Gasteiger partial charge is 0.394 e. The highest BCUT2D eigenvalue weighted by molar-refractivity contribution is 5.76. The summed E-state index contributed by atoms with van der Waals surface area (Å²) in [6, 6.07) is -0.893. The summed E-state index contributed by atoms with van der Waals surface area (Å²) >= 11 is 0. The van der Waals surface area contributed by atoms with Crippen LogP contribution in [0.15, 0.2) is 97.2 Å². The lowest BCUT2D eigenvalue weighted by Crippen LogP contribution is -2.66. The number of amides is 1. The van der Waals surface area contributed by atoms with Gasteiger partial charge in [-0.05, 0) is 77.0 Å². The second-order valence-electron chi connectivity index (χ2n) is 28.9. The summed E-state index contributed by atoms with van der Waals surface area (Å²) in [4.78, 5) is 13.5. The van der Waals surface area contributed by atoms with Crippen LogP contribution in [0.5, 0.6) is 0 Å². The van der Waals surface area contributed by atoms with Crippen LogP contribution >= 0.6 is 0 Å². The summed E-state index contributed by atoms with van der Waals surface area (Å²) in [5.41, 5.74) is 0.